The molecular formula is C19H17N7O. The molecule has 0 spiro atoms. The van der Waals surface area contributed by atoms with E-state index in [1.807, 2.05) is 47.1 Å². The fourth-order valence-electron chi connectivity index (χ4n) is 2.77. The van der Waals surface area contributed by atoms with Gasteiger partial charge in [-0.05, 0) is 29.8 Å². The SMILES string of the molecule is NC(=O)Nc1cccc(-c2cn3ccnc3c(NCc3ccncc3)n2)c1. The van der Waals surface area contributed by atoms with Crippen LogP contribution in [0.25, 0.3) is 16.9 Å². The highest BCUT2D eigenvalue weighted by atomic mass is 16.2. The topological polar surface area (TPSA) is 110 Å². The summed E-state index contributed by atoms with van der Waals surface area (Å²) in [6.07, 6.45) is 8.99. The Morgan fingerprint density at radius 2 is 2.00 bits per heavy atom. The number of pyridine rings is 1. The van der Waals surface area contributed by atoms with Gasteiger partial charge >= 0.3 is 6.03 Å². The zero-order valence-corrected chi connectivity index (χ0v) is 14.3. The summed E-state index contributed by atoms with van der Waals surface area (Å²) in [6.45, 7) is 0.602. The number of imidazole rings is 1. The fraction of sp³-hybridized carbons (Fsp3) is 0.0526. The van der Waals surface area contributed by atoms with Crippen LogP contribution in [0.5, 0.6) is 0 Å². The molecule has 134 valence electrons. The first-order valence-electron chi connectivity index (χ1n) is 8.32. The third kappa shape index (κ3) is 3.69. The lowest BCUT2D eigenvalue weighted by atomic mass is 10.1. The van der Waals surface area contributed by atoms with Gasteiger partial charge in [0.25, 0.3) is 0 Å². The summed E-state index contributed by atoms with van der Waals surface area (Å²) in [5, 5.41) is 5.91. The van der Waals surface area contributed by atoms with Gasteiger partial charge in [-0.25, -0.2) is 14.8 Å². The lowest BCUT2D eigenvalue weighted by molar-refractivity contribution is 0.259. The highest BCUT2D eigenvalue weighted by Gasteiger charge is 2.10. The van der Waals surface area contributed by atoms with E-state index in [4.69, 9.17) is 10.7 Å². The summed E-state index contributed by atoms with van der Waals surface area (Å²) < 4.78 is 1.91. The number of primary amides is 1. The van der Waals surface area contributed by atoms with E-state index in [0.717, 1.165) is 22.5 Å². The van der Waals surface area contributed by atoms with Crippen LogP contribution in [0.2, 0.25) is 0 Å². The van der Waals surface area contributed by atoms with E-state index in [9.17, 15) is 4.79 Å². The zero-order chi connectivity index (χ0) is 18.6. The largest absolute Gasteiger partial charge is 0.363 e. The van der Waals surface area contributed by atoms with Crippen LogP contribution in [0.4, 0.5) is 16.3 Å². The van der Waals surface area contributed by atoms with E-state index >= 15 is 0 Å². The molecule has 4 rings (SSSR count). The molecule has 3 heterocycles. The van der Waals surface area contributed by atoms with E-state index in [2.05, 4.69) is 20.6 Å². The maximum atomic E-state index is 11.1. The number of urea groups is 1. The zero-order valence-electron chi connectivity index (χ0n) is 14.3. The summed E-state index contributed by atoms with van der Waals surface area (Å²) in [6, 6.07) is 10.6. The summed E-state index contributed by atoms with van der Waals surface area (Å²) in [5.74, 6) is 0.669. The van der Waals surface area contributed by atoms with Crippen LogP contribution >= 0.6 is 0 Å². The smallest absolute Gasteiger partial charge is 0.316 e. The molecule has 0 fully saturated rings. The quantitative estimate of drug-likeness (QED) is 0.507. The highest BCUT2D eigenvalue weighted by molar-refractivity contribution is 5.88. The maximum absolute atomic E-state index is 11.1. The first-order chi connectivity index (χ1) is 13.2. The van der Waals surface area contributed by atoms with E-state index in [1.54, 1.807) is 24.7 Å². The summed E-state index contributed by atoms with van der Waals surface area (Å²) in [7, 11) is 0. The van der Waals surface area contributed by atoms with Gasteiger partial charge in [0, 0.05) is 48.8 Å². The minimum atomic E-state index is -0.607. The first kappa shape index (κ1) is 16.5. The molecule has 4 N–H and O–H groups in total. The Labute approximate surface area is 155 Å². The molecule has 0 radical (unpaired) electrons. The van der Waals surface area contributed by atoms with Crippen LogP contribution < -0.4 is 16.4 Å². The molecule has 0 saturated heterocycles. The highest BCUT2D eigenvalue weighted by Crippen LogP contribution is 2.24. The molecule has 2 amide bonds. The molecule has 8 heteroatoms. The second-order valence-corrected chi connectivity index (χ2v) is 5.91. The Balaban J connectivity index is 1.69. The van der Waals surface area contributed by atoms with Gasteiger partial charge in [-0.2, -0.15) is 0 Å². The third-order valence-corrected chi connectivity index (χ3v) is 4.01. The van der Waals surface area contributed by atoms with E-state index < -0.39 is 6.03 Å². The Kier molecular flexibility index (Phi) is 4.36. The number of nitrogens with zero attached hydrogens (tertiary/aromatic N) is 4. The minimum Gasteiger partial charge on any atom is -0.363 e. The van der Waals surface area contributed by atoms with Gasteiger partial charge in [0.05, 0.1) is 5.69 Å². The second kappa shape index (κ2) is 7.12. The molecule has 0 aliphatic heterocycles. The molecule has 0 atom stereocenters. The van der Waals surface area contributed by atoms with Gasteiger partial charge in [-0.1, -0.05) is 12.1 Å². The van der Waals surface area contributed by atoms with Crippen molar-refractivity contribution in [3.63, 3.8) is 0 Å². The molecule has 0 saturated carbocycles. The number of carbonyl (C=O) groups is 1. The predicted octanol–water partition coefficient (Wildman–Crippen LogP) is 2.89. The van der Waals surface area contributed by atoms with Crippen LogP contribution in [0.1, 0.15) is 5.56 Å². The van der Waals surface area contributed by atoms with Gasteiger partial charge in [-0.15, -0.1) is 0 Å². The van der Waals surface area contributed by atoms with Crippen molar-refractivity contribution < 1.29 is 4.79 Å². The molecule has 27 heavy (non-hydrogen) atoms. The van der Waals surface area contributed by atoms with Crippen molar-refractivity contribution in [2.24, 2.45) is 5.73 Å². The van der Waals surface area contributed by atoms with Crippen LogP contribution in [-0.4, -0.2) is 25.4 Å². The Bertz CT molecular complexity index is 1090. The Morgan fingerprint density at radius 3 is 2.81 bits per heavy atom. The normalized spacial score (nSPS) is 10.7. The van der Waals surface area contributed by atoms with Crippen molar-refractivity contribution in [3.05, 3.63) is 72.9 Å². The van der Waals surface area contributed by atoms with E-state index in [1.165, 1.54) is 0 Å². The third-order valence-electron chi connectivity index (χ3n) is 4.01. The van der Waals surface area contributed by atoms with Crippen molar-refractivity contribution in [1.29, 1.82) is 0 Å². The van der Waals surface area contributed by atoms with Gasteiger partial charge < -0.3 is 20.8 Å². The van der Waals surface area contributed by atoms with Gasteiger partial charge in [0.15, 0.2) is 11.5 Å². The van der Waals surface area contributed by atoms with Gasteiger partial charge in [0.1, 0.15) is 0 Å². The molecule has 0 unspecified atom stereocenters. The fourth-order valence-corrected chi connectivity index (χ4v) is 2.77. The monoisotopic (exact) mass is 359 g/mol. The van der Waals surface area contributed by atoms with Crippen molar-refractivity contribution in [2.45, 2.75) is 6.54 Å². The molecular weight excluding hydrogens is 342 g/mol. The van der Waals surface area contributed by atoms with Crippen molar-refractivity contribution in [1.82, 2.24) is 19.4 Å². The molecule has 4 aromatic rings. The predicted molar refractivity (Wildman–Crippen MR) is 103 cm³/mol. The Hall–Kier alpha value is -3.94. The van der Waals surface area contributed by atoms with Crippen molar-refractivity contribution in [3.8, 4) is 11.3 Å². The lowest BCUT2D eigenvalue weighted by Crippen LogP contribution is -2.19. The van der Waals surface area contributed by atoms with Crippen LogP contribution in [0.15, 0.2) is 67.4 Å². The number of anilines is 2. The number of nitrogens with two attached hydrogens (primary N) is 1. The number of hydrogen-bond acceptors (Lipinski definition) is 5. The molecule has 0 bridgehead atoms. The number of rotatable bonds is 5. The number of carbonyl (C=O) groups excluding carboxylic acids is 1. The number of benzene rings is 1. The number of hydrogen-bond donors (Lipinski definition) is 3. The van der Waals surface area contributed by atoms with Crippen LogP contribution in [0, 0.1) is 0 Å². The molecule has 1 aromatic carbocycles. The van der Waals surface area contributed by atoms with Crippen LogP contribution in [-0.2, 0) is 6.54 Å². The van der Waals surface area contributed by atoms with Crippen molar-refractivity contribution in [2.75, 3.05) is 10.6 Å². The average Bonchev–Trinajstić information content (AvgIpc) is 3.15. The van der Waals surface area contributed by atoms with Gasteiger partial charge in [0.2, 0.25) is 0 Å². The van der Waals surface area contributed by atoms with E-state index in [0.29, 0.717) is 18.1 Å². The molecule has 0 aliphatic carbocycles. The first-order valence-corrected chi connectivity index (χ1v) is 8.32. The minimum absolute atomic E-state index is 0.602. The lowest BCUT2D eigenvalue weighted by Gasteiger charge is -2.11. The number of amides is 2. The van der Waals surface area contributed by atoms with Crippen LogP contribution in [0.3, 0.4) is 0 Å². The number of aromatic nitrogens is 4. The summed E-state index contributed by atoms with van der Waals surface area (Å²) in [5.41, 5.74) is 9.23. The van der Waals surface area contributed by atoms with E-state index in [-0.39, 0.29) is 0 Å². The summed E-state index contributed by atoms with van der Waals surface area (Å²) >= 11 is 0. The maximum Gasteiger partial charge on any atom is 0.316 e. The van der Waals surface area contributed by atoms with Crippen molar-refractivity contribution >= 4 is 23.2 Å². The number of nitrogens with one attached hydrogen (secondary N) is 2. The Morgan fingerprint density at radius 1 is 1.15 bits per heavy atom. The molecule has 0 aliphatic rings. The molecule has 8 nitrogen and oxygen atoms in total. The summed E-state index contributed by atoms with van der Waals surface area (Å²) in [4.78, 5) is 24.2. The van der Waals surface area contributed by atoms with Gasteiger partial charge in [-0.3, -0.25) is 4.98 Å². The number of fused-ring (bicyclic) bond motifs is 1. The average molecular weight is 359 g/mol. The standard InChI is InChI=1S/C19H17N7O/c20-19(27)24-15-3-1-2-14(10-15)16-12-26-9-8-22-18(26)17(25-16)23-11-13-4-6-21-7-5-13/h1-10,12H,11H2,(H,23,25)(H3,20,24,27). The second-order valence-electron chi connectivity index (χ2n) is 5.91. The molecule has 3 aromatic heterocycles.